The van der Waals surface area contributed by atoms with Crippen molar-refractivity contribution in [1.29, 1.82) is 0 Å². The number of hydrogen-bond donors (Lipinski definition) is 1. The topological polar surface area (TPSA) is 42.2 Å². The van der Waals surface area contributed by atoms with Crippen molar-refractivity contribution >= 4 is 34.3 Å². The quantitative estimate of drug-likeness (QED) is 0.662. The first-order valence-electron chi connectivity index (χ1n) is 7.46. The predicted octanol–water partition coefficient (Wildman–Crippen LogP) is 5.33. The lowest BCUT2D eigenvalue weighted by atomic mass is 10.1. The van der Waals surface area contributed by atoms with E-state index in [1.165, 1.54) is 5.56 Å². The molecule has 3 nitrogen and oxygen atoms in total. The van der Waals surface area contributed by atoms with Crippen molar-refractivity contribution in [2.45, 2.75) is 25.7 Å². The van der Waals surface area contributed by atoms with Gasteiger partial charge in [-0.3, -0.25) is 4.79 Å². The minimum Gasteiger partial charge on any atom is -0.450 e. The molecule has 0 fully saturated rings. The maximum absolute atomic E-state index is 12.7. The van der Waals surface area contributed by atoms with Gasteiger partial charge in [0.1, 0.15) is 5.58 Å². The standard InChI is InChI=1S/C19H19NO2S/c1-11-9-12(2)17-14(10-11)13(3)18(22-17)19(21)20-15-7-5-6-8-16(15)23-4/h5-10H,1-4H3,(H,20,21). The van der Waals surface area contributed by atoms with Crippen molar-refractivity contribution < 1.29 is 9.21 Å². The van der Waals surface area contributed by atoms with Crippen LogP contribution in [0.2, 0.25) is 0 Å². The summed E-state index contributed by atoms with van der Waals surface area (Å²) in [5, 5.41) is 3.97. The summed E-state index contributed by atoms with van der Waals surface area (Å²) in [5.41, 5.74) is 4.69. The van der Waals surface area contributed by atoms with Crippen molar-refractivity contribution in [3.8, 4) is 0 Å². The molecule has 1 N–H and O–H groups in total. The second-order valence-electron chi connectivity index (χ2n) is 5.67. The number of rotatable bonds is 3. The third kappa shape index (κ3) is 2.86. The van der Waals surface area contributed by atoms with Crippen LogP contribution in [-0.4, -0.2) is 12.2 Å². The van der Waals surface area contributed by atoms with E-state index < -0.39 is 0 Å². The first-order chi connectivity index (χ1) is 11.0. The molecule has 0 saturated carbocycles. The lowest BCUT2D eigenvalue weighted by Crippen LogP contribution is -2.12. The Balaban J connectivity index is 2.01. The maximum atomic E-state index is 12.7. The Labute approximate surface area is 140 Å². The van der Waals surface area contributed by atoms with E-state index in [2.05, 4.69) is 17.4 Å². The van der Waals surface area contributed by atoms with E-state index in [1.807, 2.05) is 51.3 Å². The molecule has 0 bridgehead atoms. The van der Waals surface area contributed by atoms with Gasteiger partial charge in [-0.05, 0) is 56.4 Å². The fourth-order valence-corrected chi connectivity index (χ4v) is 3.37. The predicted molar refractivity (Wildman–Crippen MR) is 96.6 cm³/mol. The van der Waals surface area contributed by atoms with Crippen LogP contribution in [0.1, 0.15) is 27.2 Å². The third-order valence-corrected chi connectivity index (χ3v) is 4.72. The average Bonchev–Trinajstić information content (AvgIpc) is 2.85. The number of aryl methyl sites for hydroxylation is 3. The van der Waals surface area contributed by atoms with Gasteiger partial charge in [-0.1, -0.05) is 18.2 Å². The maximum Gasteiger partial charge on any atom is 0.291 e. The second-order valence-corrected chi connectivity index (χ2v) is 6.52. The zero-order valence-corrected chi connectivity index (χ0v) is 14.5. The minimum atomic E-state index is -0.211. The summed E-state index contributed by atoms with van der Waals surface area (Å²) in [5.74, 6) is 0.168. The van der Waals surface area contributed by atoms with Crippen molar-refractivity contribution in [3.05, 3.63) is 58.8 Å². The molecular formula is C19H19NO2S. The van der Waals surface area contributed by atoms with Crippen molar-refractivity contribution in [3.63, 3.8) is 0 Å². The summed E-state index contributed by atoms with van der Waals surface area (Å²) in [4.78, 5) is 13.7. The van der Waals surface area contributed by atoms with Gasteiger partial charge in [0, 0.05) is 15.8 Å². The van der Waals surface area contributed by atoms with E-state index in [4.69, 9.17) is 4.42 Å². The van der Waals surface area contributed by atoms with Crippen LogP contribution in [0.5, 0.6) is 0 Å². The molecule has 0 saturated heterocycles. The van der Waals surface area contributed by atoms with Gasteiger partial charge in [0.25, 0.3) is 5.91 Å². The van der Waals surface area contributed by atoms with Crippen molar-refractivity contribution in [1.82, 2.24) is 0 Å². The number of amides is 1. The van der Waals surface area contributed by atoms with E-state index in [0.29, 0.717) is 5.76 Å². The van der Waals surface area contributed by atoms with Crippen LogP contribution in [0.15, 0.2) is 45.7 Å². The Bertz CT molecular complexity index is 896. The molecule has 0 aliphatic heterocycles. The van der Waals surface area contributed by atoms with E-state index >= 15 is 0 Å². The number of nitrogens with one attached hydrogen (secondary N) is 1. The van der Waals surface area contributed by atoms with Crippen molar-refractivity contribution in [2.75, 3.05) is 11.6 Å². The molecule has 0 radical (unpaired) electrons. The van der Waals surface area contributed by atoms with E-state index in [0.717, 1.165) is 32.7 Å². The van der Waals surface area contributed by atoms with Gasteiger partial charge in [0.15, 0.2) is 5.76 Å². The molecule has 1 heterocycles. The van der Waals surface area contributed by atoms with Crippen LogP contribution in [0.4, 0.5) is 5.69 Å². The number of fused-ring (bicyclic) bond motifs is 1. The van der Waals surface area contributed by atoms with Crippen LogP contribution >= 0.6 is 11.8 Å². The van der Waals surface area contributed by atoms with E-state index in [-0.39, 0.29) is 5.91 Å². The molecule has 1 amide bonds. The molecule has 0 spiro atoms. The smallest absolute Gasteiger partial charge is 0.291 e. The number of benzene rings is 2. The summed E-state index contributed by atoms with van der Waals surface area (Å²) in [6, 6.07) is 11.9. The SMILES string of the molecule is CSc1ccccc1NC(=O)c1oc2c(C)cc(C)cc2c1C. The summed E-state index contributed by atoms with van der Waals surface area (Å²) < 4.78 is 5.87. The number of carbonyl (C=O) groups is 1. The second kappa shape index (κ2) is 6.13. The number of furan rings is 1. The molecule has 118 valence electrons. The first-order valence-corrected chi connectivity index (χ1v) is 8.68. The van der Waals surface area contributed by atoms with Crippen LogP contribution in [-0.2, 0) is 0 Å². The minimum absolute atomic E-state index is 0.211. The van der Waals surface area contributed by atoms with E-state index in [9.17, 15) is 4.79 Å². The normalized spacial score (nSPS) is 11.0. The van der Waals surface area contributed by atoms with E-state index in [1.54, 1.807) is 11.8 Å². The van der Waals surface area contributed by atoms with Gasteiger partial charge >= 0.3 is 0 Å². The number of thioether (sulfide) groups is 1. The lowest BCUT2D eigenvalue weighted by molar-refractivity contribution is 0.0997. The Morgan fingerprint density at radius 1 is 1.13 bits per heavy atom. The highest BCUT2D eigenvalue weighted by Gasteiger charge is 2.19. The Kier molecular flexibility index (Phi) is 4.18. The average molecular weight is 325 g/mol. The monoisotopic (exact) mass is 325 g/mol. The Morgan fingerprint density at radius 2 is 1.87 bits per heavy atom. The van der Waals surface area contributed by atoms with Gasteiger partial charge in [-0.15, -0.1) is 11.8 Å². The highest BCUT2D eigenvalue weighted by Crippen LogP contribution is 2.30. The Morgan fingerprint density at radius 3 is 2.61 bits per heavy atom. The highest BCUT2D eigenvalue weighted by molar-refractivity contribution is 7.98. The summed E-state index contributed by atoms with van der Waals surface area (Å²) in [6.07, 6.45) is 1.99. The van der Waals surface area contributed by atoms with Gasteiger partial charge in [0.05, 0.1) is 5.69 Å². The molecule has 2 aromatic carbocycles. The fourth-order valence-electron chi connectivity index (χ4n) is 2.81. The molecule has 0 atom stereocenters. The van der Waals surface area contributed by atoms with Crippen LogP contribution in [0, 0.1) is 20.8 Å². The summed E-state index contributed by atoms with van der Waals surface area (Å²) >= 11 is 1.60. The number of para-hydroxylation sites is 1. The summed E-state index contributed by atoms with van der Waals surface area (Å²) in [7, 11) is 0. The molecular weight excluding hydrogens is 306 g/mol. The highest BCUT2D eigenvalue weighted by atomic mass is 32.2. The third-order valence-electron chi connectivity index (χ3n) is 3.93. The number of hydrogen-bond acceptors (Lipinski definition) is 3. The first kappa shape index (κ1) is 15.7. The van der Waals surface area contributed by atoms with Crippen LogP contribution in [0.25, 0.3) is 11.0 Å². The zero-order chi connectivity index (χ0) is 16.6. The summed E-state index contributed by atoms with van der Waals surface area (Å²) in [6.45, 7) is 5.98. The van der Waals surface area contributed by atoms with Gasteiger partial charge in [-0.2, -0.15) is 0 Å². The fraction of sp³-hybridized carbons (Fsp3) is 0.211. The molecule has 3 aromatic rings. The van der Waals surface area contributed by atoms with Gasteiger partial charge in [0.2, 0.25) is 0 Å². The molecule has 3 rings (SSSR count). The molecule has 0 unspecified atom stereocenters. The Hall–Kier alpha value is -2.20. The van der Waals surface area contributed by atoms with Gasteiger partial charge in [-0.25, -0.2) is 0 Å². The lowest BCUT2D eigenvalue weighted by Gasteiger charge is -2.08. The molecule has 23 heavy (non-hydrogen) atoms. The van der Waals surface area contributed by atoms with Crippen LogP contribution < -0.4 is 5.32 Å². The van der Waals surface area contributed by atoms with Crippen molar-refractivity contribution in [2.24, 2.45) is 0 Å². The number of carbonyl (C=O) groups excluding carboxylic acids is 1. The molecule has 1 aromatic heterocycles. The largest absolute Gasteiger partial charge is 0.450 e. The molecule has 0 aliphatic rings. The zero-order valence-electron chi connectivity index (χ0n) is 13.7. The van der Waals surface area contributed by atoms with Crippen LogP contribution in [0.3, 0.4) is 0 Å². The number of anilines is 1. The molecule has 0 aliphatic carbocycles. The van der Waals surface area contributed by atoms with Gasteiger partial charge < -0.3 is 9.73 Å². The molecule has 4 heteroatoms.